The summed E-state index contributed by atoms with van der Waals surface area (Å²) in [5.41, 5.74) is 1.16. The summed E-state index contributed by atoms with van der Waals surface area (Å²) in [6.45, 7) is 4.33. The Bertz CT molecular complexity index is 552. The number of aryl methyl sites for hydroxylation is 2. The molecule has 1 amide bonds. The van der Waals surface area contributed by atoms with Crippen molar-refractivity contribution >= 4 is 5.91 Å². The van der Waals surface area contributed by atoms with E-state index in [4.69, 9.17) is 4.74 Å². The summed E-state index contributed by atoms with van der Waals surface area (Å²) in [6, 6.07) is 7.64. The normalized spacial score (nSPS) is 11.9. The van der Waals surface area contributed by atoms with Crippen molar-refractivity contribution in [1.29, 1.82) is 0 Å². The van der Waals surface area contributed by atoms with Crippen LogP contribution in [0.4, 0.5) is 0 Å². The van der Waals surface area contributed by atoms with Crippen LogP contribution in [0.5, 0.6) is 5.75 Å². The number of aromatic amines is 1. The lowest BCUT2D eigenvalue weighted by atomic mass is 10.2. The monoisotopic (exact) mass is 288 g/mol. The highest BCUT2D eigenvalue weighted by Gasteiger charge is 2.13. The third kappa shape index (κ3) is 4.91. The van der Waals surface area contributed by atoms with Gasteiger partial charge in [0, 0.05) is 13.0 Å². The quantitative estimate of drug-likeness (QED) is 0.759. The predicted octanol–water partition coefficient (Wildman–Crippen LogP) is 1.63. The van der Waals surface area contributed by atoms with E-state index in [0.717, 1.165) is 24.2 Å². The summed E-state index contributed by atoms with van der Waals surface area (Å²) < 4.78 is 5.59. The van der Waals surface area contributed by atoms with Crippen LogP contribution in [0.15, 0.2) is 30.6 Å². The zero-order valence-electron chi connectivity index (χ0n) is 12.3. The van der Waals surface area contributed by atoms with Crippen molar-refractivity contribution in [3.63, 3.8) is 0 Å². The number of benzene rings is 1. The van der Waals surface area contributed by atoms with E-state index in [1.54, 1.807) is 6.92 Å². The van der Waals surface area contributed by atoms with Gasteiger partial charge in [0.2, 0.25) is 0 Å². The number of H-pyrrole nitrogens is 1. The minimum atomic E-state index is -0.516. The molecule has 0 spiro atoms. The second-order valence-electron chi connectivity index (χ2n) is 4.90. The van der Waals surface area contributed by atoms with Crippen molar-refractivity contribution in [3.05, 3.63) is 42.0 Å². The number of nitrogens with zero attached hydrogens (tertiary/aromatic N) is 2. The largest absolute Gasteiger partial charge is 0.481 e. The van der Waals surface area contributed by atoms with Gasteiger partial charge in [0.05, 0.1) is 0 Å². The van der Waals surface area contributed by atoms with Crippen LogP contribution in [0.1, 0.15) is 24.7 Å². The van der Waals surface area contributed by atoms with Gasteiger partial charge in [-0.2, -0.15) is 5.10 Å². The summed E-state index contributed by atoms with van der Waals surface area (Å²) in [6.07, 6.45) is 2.52. The maximum absolute atomic E-state index is 11.9. The molecule has 1 unspecified atom stereocenters. The molecule has 6 nitrogen and oxygen atoms in total. The van der Waals surface area contributed by atoms with E-state index in [9.17, 15) is 4.79 Å². The van der Waals surface area contributed by atoms with Crippen LogP contribution in [-0.2, 0) is 11.2 Å². The average molecular weight is 288 g/mol. The molecule has 0 fully saturated rings. The first-order valence-corrected chi connectivity index (χ1v) is 7.00. The van der Waals surface area contributed by atoms with Crippen molar-refractivity contribution in [2.24, 2.45) is 0 Å². The number of amides is 1. The van der Waals surface area contributed by atoms with E-state index in [0.29, 0.717) is 12.3 Å². The molecule has 0 saturated carbocycles. The lowest BCUT2D eigenvalue weighted by molar-refractivity contribution is -0.127. The zero-order chi connectivity index (χ0) is 15.1. The van der Waals surface area contributed by atoms with E-state index < -0.39 is 6.10 Å². The Balaban J connectivity index is 1.68. The third-order valence-electron chi connectivity index (χ3n) is 3.06. The van der Waals surface area contributed by atoms with Gasteiger partial charge >= 0.3 is 0 Å². The summed E-state index contributed by atoms with van der Waals surface area (Å²) in [4.78, 5) is 15.9. The number of hydrogen-bond donors (Lipinski definition) is 2. The molecule has 112 valence electrons. The molecule has 0 radical (unpaired) electrons. The Morgan fingerprint density at radius 2 is 2.14 bits per heavy atom. The van der Waals surface area contributed by atoms with Gasteiger partial charge < -0.3 is 10.1 Å². The van der Waals surface area contributed by atoms with Crippen molar-refractivity contribution in [2.75, 3.05) is 6.54 Å². The third-order valence-corrected chi connectivity index (χ3v) is 3.06. The molecule has 0 aliphatic carbocycles. The first-order chi connectivity index (χ1) is 10.1. The van der Waals surface area contributed by atoms with E-state index in [1.807, 2.05) is 31.2 Å². The fourth-order valence-electron chi connectivity index (χ4n) is 1.84. The van der Waals surface area contributed by atoms with Gasteiger partial charge in [-0.3, -0.25) is 9.89 Å². The molecule has 1 atom stereocenters. The number of ether oxygens (including phenoxy) is 1. The Hall–Kier alpha value is -2.37. The Labute approximate surface area is 123 Å². The van der Waals surface area contributed by atoms with Crippen molar-refractivity contribution in [2.45, 2.75) is 32.8 Å². The molecule has 6 heteroatoms. The average Bonchev–Trinajstić information content (AvgIpc) is 2.99. The Kier molecular flexibility index (Phi) is 5.31. The van der Waals surface area contributed by atoms with Crippen molar-refractivity contribution in [1.82, 2.24) is 20.5 Å². The molecule has 2 rings (SSSR count). The maximum Gasteiger partial charge on any atom is 0.260 e. The lowest BCUT2D eigenvalue weighted by Crippen LogP contribution is -2.36. The molecule has 2 aromatic rings. The molecule has 1 heterocycles. The molecule has 21 heavy (non-hydrogen) atoms. The molecule has 2 N–H and O–H groups in total. The van der Waals surface area contributed by atoms with Gasteiger partial charge in [-0.25, -0.2) is 4.98 Å². The van der Waals surface area contributed by atoms with Gasteiger partial charge in [-0.15, -0.1) is 0 Å². The first-order valence-electron chi connectivity index (χ1n) is 7.00. The molecule has 0 aliphatic heterocycles. The van der Waals surface area contributed by atoms with Crippen LogP contribution in [0.25, 0.3) is 0 Å². The second kappa shape index (κ2) is 7.42. The Morgan fingerprint density at radius 1 is 1.38 bits per heavy atom. The highest BCUT2D eigenvalue weighted by molar-refractivity contribution is 5.80. The van der Waals surface area contributed by atoms with Crippen LogP contribution in [0.2, 0.25) is 0 Å². The van der Waals surface area contributed by atoms with Gasteiger partial charge in [0.15, 0.2) is 6.10 Å². The number of carbonyl (C=O) groups is 1. The highest BCUT2D eigenvalue weighted by atomic mass is 16.5. The summed E-state index contributed by atoms with van der Waals surface area (Å²) in [7, 11) is 0. The molecular weight excluding hydrogens is 268 g/mol. The molecule has 1 aromatic heterocycles. The number of nitrogens with one attached hydrogen (secondary N) is 2. The Morgan fingerprint density at radius 3 is 2.81 bits per heavy atom. The van der Waals surface area contributed by atoms with Crippen LogP contribution >= 0.6 is 0 Å². The minimum Gasteiger partial charge on any atom is -0.481 e. The first kappa shape index (κ1) is 15.0. The lowest BCUT2D eigenvalue weighted by Gasteiger charge is -2.14. The van der Waals surface area contributed by atoms with Gasteiger partial charge in [-0.1, -0.05) is 17.7 Å². The number of hydrogen-bond acceptors (Lipinski definition) is 4. The number of rotatable bonds is 7. The van der Waals surface area contributed by atoms with Crippen LogP contribution < -0.4 is 10.1 Å². The summed E-state index contributed by atoms with van der Waals surface area (Å²) >= 11 is 0. The van der Waals surface area contributed by atoms with E-state index in [2.05, 4.69) is 20.5 Å². The SMILES string of the molecule is Cc1ccc(OC(C)C(=O)NCCCc2ncn[nH]2)cc1. The summed E-state index contributed by atoms with van der Waals surface area (Å²) in [5, 5.41) is 9.41. The van der Waals surface area contributed by atoms with E-state index in [1.165, 1.54) is 6.33 Å². The van der Waals surface area contributed by atoms with Crippen molar-refractivity contribution in [3.8, 4) is 5.75 Å². The minimum absolute atomic E-state index is 0.117. The zero-order valence-corrected chi connectivity index (χ0v) is 12.3. The second-order valence-corrected chi connectivity index (χ2v) is 4.90. The highest BCUT2D eigenvalue weighted by Crippen LogP contribution is 2.13. The fourth-order valence-corrected chi connectivity index (χ4v) is 1.84. The number of aromatic nitrogens is 3. The van der Waals surface area contributed by atoms with Crippen molar-refractivity contribution < 1.29 is 9.53 Å². The molecule has 0 saturated heterocycles. The maximum atomic E-state index is 11.9. The molecule has 0 aliphatic rings. The van der Waals surface area contributed by atoms with Gasteiger partial charge in [0.1, 0.15) is 17.9 Å². The topological polar surface area (TPSA) is 79.9 Å². The summed E-state index contributed by atoms with van der Waals surface area (Å²) in [5.74, 6) is 1.41. The standard InChI is InChI=1S/C15H20N4O2/c1-11-5-7-13(8-6-11)21-12(2)15(20)16-9-3-4-14-17-10-18-19-14/h5-8,10,12H,3-4,9H2,1-2H3,(H,16,20)(H,17,18,19). The molecule has 1 aromatic carbocycles. The fraction of sp³-hybridized carbons (Fsp3) is 0.400. The van der Waals surface area contributed by atoms with Crippen LogP contribution in [0.3, 0.4) is 0 Å². The van der Waals surface area contributed by atoms with E-state index in [-0.39, 0.29) is 5.91 Å². The van der Waals surface area contributed by atoms with Gasteiger partial charge in [-0.05, 0) is 32.4 Å². The van der Waals surface area contributed by atoms with E-state index >= 15 is 0 Å². The molecule has 0 bridgehead atoms. The number of carbonyl (C=O) groups excluding carboxylic acids is 1. The van der Waals surface area contributed by atoms with Gasteiger partial charge in [0.25, 0.3) is 5.91 Å². The van der Waals surface area contributed by atoms with Crippen LogP contribution in [0, 0.1) is 6.92 Å². The smallest absolute Gasteiger partial charge is 0.260 e. The van der Waals surface area contributed by atoms with Crippen LogP contribution in [-0.4, -0.2) is 33.7 Å². The predicted molar refractivity (Wildman–Crippen MR) is 79.0 cm³/mol. The molecular formula is C15H20N4O2.